The number of aliphatic carboxylic acids is 1. The standard InChI is InChI=1S/C13H19N3O4/c1-8-5-9(2)16(14-8)4-3-12(18)15-7-10(17)6-11(15)13(19)20/h5,10-11,17H,3-4,6-7H2,1-2H3,(H,19,20)/t10-,11+/m1/s1. The number of nitrogens with zero attached hydrogens (tertiary/aromatic N) is 3. The summed E-state index contributed by atoms with van der Waals surface area (Å²) in [5.74, 6) is -1.33. The highest BCUT2D eigenvalue weighted by atomic mass is 16.4. The van der Waals surface area contributed by atoms with Crippen molar-refractivity contribution in [2.24, 2.45) is 0 Å². The van der Waals surface area contributed by atoms with E-state index in [9.17, 15) is 14.7 Å². The summed E-state index contributed by atoms with van der Waals surface area (Å²) >= 11 is 0. The van der Waals surface area contributed by atoms with Gasteiger partial charge in [0.15, 0.2) is 0 Å². The van der Waals surface area contributed by atoms with Gasteiger partial charge in [-0.05, 0) is 19.9 Å². The van der Waals surface area contributed by atoms with Crippen molar-refractivity contribution in [3.8, 4) is 0 Å². The second-order valence-corrected chi connectivity index (χ2v) is 5.19. The molecule has 0 bridgehead atoms. The van der Waals surface area contributed by atoms with Crippen molar-refractivity contribution in [3.63, 3.8) is 0 Å². The second kappa shape index (κ2) is 5.62. The van der Waals surface area contributed by atoms with E-state index in [4.69, 9.17) is 5.11 Å². The monoisotopic (exact) mass is 281 g/mol. The topological polar surface area (TPSA) is 95.7 Å². The Kier molecular flexibility index (Phi) is 4.08. The number of β-amino-alcohol motifs (C(OH)–C–C–N with tert-alkyl or cyclic N) is 1. The lowest BCUT2D eigenvalue weighted by molar-refractivity contribution is -0.148. The van der Waals surface area contributed by atoms with Crippen LogP contribution in [0.2, 0.25) is 0 Å². The molecule has 1 aromatic heterocycles. The normalized spacial score (nSPS) is 22.2. The van der Waals surface area contributed by atoms with Gasteiger partial charge in [-0.2, -0.15) is 5.10 Å². The second-order valence-electron chi connectivity index (χ2n) is 5.19. The van der Waals surface area contributed by atoms with Gasteiger partial charge in [-0.15, -0.1) is 0 Å². The van der Waals surface area contributed by atoms with Crippen molar-refractivity contribution in [1.82, 2.24) is 14.7 Å². The molecule has 0 unspecified atom stereocenters. The maximum absolute atomic E-state index is 12.1. The molecule has 2 heterocycles. The molecule has 0 aliphatic carbocycles. The lowest BCUT2D eigenvalue weighted by atomic mass is 10.2. The first-order valence-corrected chi connectivity index (χ1v) is 6.60. The molecule has 1 saturated heterocycles. The first kappa shape index (κ1) is 14.5. The third-order valence-corrected chi connectivity index (χ3v) is 3.53. The molecule has 7 heteroatoms. The van der Waals surface area contributed by atoms with Crippen molar-refractivity contribution < 1.29 is 19.8 Å². The van der Waals surface area contributed by atoms with E-state index in [1.165, 1.54) is 4.90 Å². The van der Waals surface area contributed by atoms with E-state index in [-0.39, 0.29) is 25.3 Å². The number of carbonyl (C=O) groups is 2. The fraction of sp³-hybridized carbons (Fsp3) is 0.615. The Bertz CT molecular complexity index is 526. The molecule has 2 rings (SSSR count). The fourth-order valence-corrected chi connectivity index (χ4v) is 2.57. The maximum atomic E-state index is 12.1. The average Bonchev–Trinajstić information content (AvgIpc) is 2.89. The van der Waals surface area contributed by atoms with Crippen LogP contribution in [0.1, 0.15) is 24.2 Å². The van der Waals surface area contributed by atoms with Gasteiger partial charge in [0.25, 0.3) is 0 Å². The number of aliphatic hydroxyl groups is 1. The highest BCUT2D eigenvalue weighted by Crippen LogP contribution is 2.19. The smallest absolute Gasteiger partial charge is 0.326 e. The summed E-state index contributed by atoms with van der Waals surface area (Å²) in [6.07, 6.45) is -0.479. The third kappa shape index (κ3) is 2.98. The van der Waals surface area contributed by atoms with Gasteiger partial charge < -0.3 is 15.1 Å². The first-order chi connectivity index (χ1) is 9.38. The summed E-state index contributed by atoms with van der Waals surface area (Å²) in [6, 6.07) is 1.00. The van der Waals surface area contributed by atoms with Gasteiger partial charge in [-0.25, -0.2) is 4.79 Å². The van der Waals surface area contributed by atoms with E-state index in [2.05, 4.69) is 5.10 Å². The Morgan fingerprint density at radius 2 is 2.15 bits per heavy atom. The highest BCUT2D eigenvalue weighted by Gasteiger charge is 2.38. The minimum Gasteiger partial charge on any atom is -0.480 e. The molecule has 0 saturated carbocycles. The molecule has 110 valence electrons. The predicted molar refractivity (Wildman–Crippen MR) is 70.1 cm³/mol. The van der Waals surface area contributed by atoms with Gasteiger partial charge >= 0.3 is 5.97 Å². The van der Waals surface area contributed by atoms with E-state index in [1.54, 1.807) is 4.68 Å². The van der Waals surface area contributed by atoms with Crippen LogP contribution in [0.25, 0.3) is 0 Å². The molecule has 1 aliphatic heterocycles. The molecular weight excluding hydrogens is 262 g/mol. The summed E-state index contributed by atoms with van der Waals surface area (Å²) in [5.41, 5.74) is 1.85. The van der Waals surface area contributed by atoms with Gasteiger partial charge in [0, 0.05) is 31.6 Å². The van der Waals surface area contributed by atoms with Crippen molar-refractivity contribution in [2.45, 2.75) is 45.4 Å². The third-order valence-electron chi connectivity index (χ3n) is 3.53. The number of hydrogen-bond donors (Lipinski definition) is 2. The Hall–Kier alpha value is -1.89. The summed E-state index contributed by atoms with van der Waals surface area (Å²) in [4.78, 5) is 24.4. The molecule has 2 atom stereocenters. The van der Waals surface area contributed by atoms with Crippen molar-refractivity contribution >= 4 is 11.9 Å². The minimum atomic E-state index is -1.07. The molecule has 20 heavy (non-hydrogen) atoms. The number of amides is 1. The Morgan fingerprint density at radius 3 is 2.70 bits per heavy atom. The van der Waals surface area contributed by atoms with E-state index >= 15 is 0 Å². The first-order valence-electron chi connectivity index (χ1n) is 6.60. The predicted octanol–water partition coefficient (Wildman–Crippen LogP) is -0.0636. The summed E-state index contributed by atoms with van der Waals surface area (Å²) in [5, 5.41) is 22.8. The largest absolute Gasteiger partial charge is 0.480 e. The summed E-state index contributed by atoms with van der Waals surface area (Å²) in [7, 11) is 0. The molecule has 0 radical (unpaired) electrons. The van der Waals surface area contributed by atoms with Crippen molar-refractivity contribution in [2.75, 3.05) is 6.54 Å². The minimum absolute atomic E-state index is 0.0902. The molecule has 1 aromatic rings. The van der Waals surface area contributed by atoms with Crippen LogP contribution in [0.15, 0.2) is 6.07 Å². The number of carbonyl (C=O) groups excluding carboxylic acids is 1. The molecule has 1 aliphatic rings. The SMILES string of the molecule is Cc1cc(C)n(CCC(=O)N2C[C@H](O)C[C@H]2C(=O)O)n1. The lowest BCUT2D eigenvalue weighted by Crippen LogP contribution is -2.40. The number of rotatable bonds is 4. The number of carboxylic acid groups (broad SMARTS) is 1. The number of hydrogen-bond acceptors (Lipinski definition) is 4. The van der Waals surface area contributed by atoms with Crippen LogP contribution >= 0.6 is 0 Å². The van der Waals surface area contributed by atoms with E-state index in [0.717, 1.165) is 11.4 Å². The van der Waals surface area contributed by atoms with Gasteiger partial charge in [0.1, 0.15) is 6.04 Å². The quantitative estimate of drug-likeness (QED) is 0.806. The Balaban J connectivity index is 1.97. The van der Waals surface area contributed by atoms with Crippen LogP contribution < -0.4 is 0 Å². The van der Waals surface area contributed by atoms with Crippen LogP contribution in [-0.2, 0) is 16.1 Å². The fourth-order valence-electron chi connectivity index (χ4n) is 2.57. The van der Waals surface area contributed by atoms with Gasteiger partial charge in [-0.3, -0.25) is 9.48 Å². The molecule has 1 amide bonds. The molecule has 0 aromatic carbocycles. The van der Waals surface area contributed by atoms with Crippen LogP contribution in [0.5, 0.6) is 0 Å². The van der Waals surface area contributed by atoms with Gasteiger partial charge in [0.2, 0.25) is 5.91 Å². The molecule has 1 fully saturated rings. The van der Waals surface area contributed by atoms with E-state index in [1.807, 2.05) is 19.9 Å². The maximum Gasteiger partial charge on any atom is 0.326 e. The van der Waals surface area contributed by atoms with Crippen LogP contribution in [0.3, 0.4) is 0 Å². The highest BCUT2D eigenvalue weighted by molar-refractivity contribution is 5.84. The van der Waals surface area contributed by atoms with Gasteiger partial charge in [0.05, 0.1) is 11.8 Å². The zero-order valence-corrected chi connectivity index (χ0v) is 11.6. The summed E-state index contributed by atoms with van der Waals surface area (Å²) < 4.78 is 1.73. The number of aryl methyl sites for hydroxylation is 3. The number of carboxylic acids is 1. The van der Waals surface area contributed by atoms with Crippen molar-refractivity contribution in [1.29, 1.82) is 0 Å². The molecule has 7 nitrogen and oxygen atoms in total. The van der Waals surface area contributed by atoms with Crippen molar-refractivity contribution in [3.05, 3.63) is 17.5 Å². The van der Waals surface area contributed by atoms with E-state index in [0.29, 0.717) is 6.54 Å². The van der Waals surface area contributed by atoms with Crippen LogP contribution in [0, 0.1) is 13.8 Å². The Labute approximate surface area is 116 Å². The lowest BCUT2D eigenvalue weighted by Gasteiger charge is -2.21. The molecule has 2 N–H and O–H groups in total. The number of likely N-dealkylation sites (tertiary alicyclic amines) is 1. The number of aliphatic hydroxyl groups excluding tert-OH is 1. The summed E-state index contributed by atoms with van der Waals surface area (Å²) in [6.45, 7) is 4.29. The molecule has 0 spiro atoms. The van der Waals surface area contributed by atoms with E-state index < -0.39 is 18.1 Å². The average molecular weight is 281 g/mol. The number of aromatic nitrogens is 2. The van der Waals surface area contributed by atoms with Crippen LogP contribution in [-0.4, -0.2) is 55.5 Å². The zero-order valence-electron chi connectivity index (χ0n) is 11.6. The zero-order chi connectivity index (χ0) is 14.9. The van der Waals surface area contributed by atoms with Crippen LogP contribution in [0.4, 0.5) is 0 Å². The Morgan fingerprint density at radius 1 is 1.45 bits per heavy atom. The molecular formula is C13H19N3O4. The van der Waals surface area contributed by atoms with Gasteiger partial charge in [-0.1, -0.05) is 0 Å².